The fourth-order valence-electron chi connectivity index (χ4n) is 7.36. The standard InChI is InChI=1S/C20H21ClN2.C14H9Cl2N.C6H12N.C5H10O.ClH.Mg/c1-23-10-8-14(9-11-23)20-18-5-3-2-4-15(18)12-16-6-7-17(21)13-19(16)22-20;15-11-6-5-10-7-9-3-1-2-4-12(9)14(16)17-13(10)8-11;1-7-5-3-2-4-6-7;1-5-3-2-4-6-5;;/h2-7,13-14H,8-12H2,1H3;1-6,8H,7H2;2H,3-6H2,1H3;5H,2-4H2,1H3;1H;/q;;-1;;;+2/p-1. The summed E-state index contributed by atoms with van der Waals surface area (Å²) in [6, 6.07) is 28.7. The van der Waals surface area contributed by atoms with E-state index >= 15 is 0 Å². The van der Waals surface area contributed by atoms with Gasteiger partial charge in [-0.1, -0.05) is 95.5 Å². The molecule has 4 aromatic rings. The molecular weight excluding hydrogens is 779 g/mol. The zero-order valence-electron chi connectivity index (χ0n) is 32.4. The zero-order chi connectivity index (χ0) is 37.2. The molecular formula is C45H52Cl4MgN4O. The number of nitrogens with zero attached hydrogens (tertiary/aromatic N) is 4. The number of hydrogen-bond donors (Lipinski definition) is 0. The number of likely N-dealkylation sites (tertiary alicyclic amines) is 2. The second-order valence-corrected chi connectivity index (χ2v) is 15.9. The zero-order valence-corrected chi connectivity index (χ0v) is 36.9. The van der Waals surface area contributed by atoms with Crippen LogP contribution in [0.4, 0.5) is 11.4 Å². The average Bonchev–Trinajstić information content (AvgIpc) is 3.52. The molecule has 0 bridgehead atoms. The van der Waals surface area contributed by atoms with Crippen LogP contribution in [-0.2, 0) is 17.6 Å². The third-order valence-electron chi connectivity index (χ3n) is 10.5. The quantitative estimate of drug-likeness (QED) is 0.144. The molecule has 0 aliphatic carbocycles. The van der Waals surface area contributed by atoms with Gasteiger partial charge in [0.25, 0.3) is 0 Å². The van der Waals surface area contributed by atoms with E-state index in [1.54, 1.807) is 0 Å². The van der Waals surface area contributed by atoms with Crippen LogP contribution in [0.2, 0.25) is 10.0 Å². The molecule has 9 rings (SSSR count). The predicted molar refractivity (Wildman–Crippen MR) is 231 cm³/mol. The van der Waals surface area contributed by atoms with Gasteiger partial charge in [-0.2, -0.15) is 12.8 Å². The van der Waals surface area contributed by atoms with Gasteiger partial charge >= 0.3 is 23.1 Å². The van der Waals surface area contributed by atoms with Crippen LogP contribution in [0.15, 0.2) is 94.9 Å². The molecule has 3 fully saturated rings. The molecule has 10 heteroatoms. The molecule has 0 spiro atoms. The Morgan fingerprint density at radius 1 is 0.655 bits per heavy atom. The first-order valence-electron chi connectivity index (χ1n) is 19.1. The Bertz CT molecular complexity index is 1880. The predicted octanol–water partition coefficient (Wildman–Crippen LogP) is 7.99. The van der Waals surface area contributed by atoms with Crippen LogP contribution in [0.1, 0.15) is 78.8 Å². The van der Waals surface area contributed by atoms with E-state index in [1.807, 2.05) is 48.5 Å². The maximum atomic E-state index is 6.24. The van der Waals surface area contributed by atoms with Crippen molar-refractivity contribution in [2.24, 2.45) is 15.9 Å². The number of fused-ring (bicyclic) bond motifs is 4. The van der Waals surface area contributed by atoms with Gasteiger partial charge in [0.15, 0.2) is 0 Å². The molecule has 0 aromatic heterocycles. The molecule has 5 aliphatic heterocycles. The first kappa shape index (κ1) is 45.7. The van der Waals surface area contributed by atoms with Gasteiger partial charge in [-0.05, 0) is 125 Å². The van der Waals surface area contributed by atoms with Crippen molar-refractivity contribution in [1.82, 2.24) is 9.80 Å². The molecule has 5 aliphatic rings. The van der Waals surface area contributed by atoms with Crippen molar-refractivity contribution in [1.29, 1.82) is 0 Å². The number of aliphatic imine (C=N–C) groups is 2. The van der Waals surface area contributed by atoms with Gasteiger partial charge in [0.1, 0.15) is 5.17 Å². The van der Waals surface area contributed by atoms with Crippen molar-refractivity contribution in [3.63, 3.8) is 0 Å². The number of hydrogen-bond acceptors (Lipinski definition) is 5. The molecule has 288 valence electrons. The number of ether oxygens (including phenoxy) is 1. The van der Waals surface area contributed by atoms with E-state index in [0.29, 0.717) is 22.2 Å². The summed E-state index contributed by atoms with van der Waals surface area (Å²) < 4.78 is 5.15. The van der Waals surface area contributed by atoms with Crippen LogP contribution in [0, 0.1) is 12.3 Å². The third kappa shape index (κ3) is 13.3. The van der Waals surface area contributed by atoms with Crippen LogP contribution in [-0.4, -0.2) is 96.7 Å². The molecule has 5 heterocycles. The molecule has 0 amide bonds. The van der Waals surface area contributed by atoms with Crippen molar-refractivity contribution in [3.8, 4) is 0 Å². The van der Waals surface area contributed by atoms with E-state index in [0.717, 1.165) is 60.1 Å². The van der Waals surface area contributed by atoms with Crippen molar-refractivity contribution in [2.45, 2.75) is 64.4 Å². The Morgan fingerprint density at radius 3 is 1.69 bits per heavy atom. The number of rotatable bonds is 1. The largest absolute Gasteiger partial charge is 2.00 e. The maximum absolute atomic E-state index is 6.24. The van der Waals surface area contributed by atoms with Gasteiger partial charge in [0.05, 0.1) is 23.2 Å². The Kier molecular flexibility index (Phi) is 19.0. The van der Waals surface area contributed by atoms with Gasteiger partial charge in [-0.15, -0.1) is 0 Å². The number of benzene rings is 4. The monoisotopic (exact) mass is 828 g/mol. The van der Waals surface area contributed by atoms with Gasteiger partial charge < -0.3 is 33.4 Å². The van der Waals surface area contributed by atoms with Gasteiger partial charge in [-0.3, -0.25) is 4.99 Å². The van der Waals surface area contributed by atoms with E-state index in [-0.39, 0.29) is 35.5 Å². The second kappa shape index (κ2) is 22.8. The van der Waals surface area contributed by atoms with Crippen LogP contribution < -0.4 is 12.4 Å². The molecule has 0 saturated carbocycles. The Labute approximate surface area is 366 Å². The Balaban J connectivity index is 0.000000183. The van der Waals surface area contributed by atoms with E-state index in [1.165, 1.54) is 79.6 Å². The molecule has 0 N–H and O–H groups in total. The summed E-state index contributed by atoms with van der Waals surface area (Å²) in [5, 5.41) is 1.98. The summed E-state index contributed by atoms with van der Waals surface area (Å²) in [6.07, 6.45) is 12.1. The summed E-state index contributed by atoms with van der Waals surface area (Å²) in [5.74, 6) is 0.539. The number of halogens is 4. The molecule has 55 heavy (non-hydrogen) atoms. The fraction of sp³-hybridized carbons (Fsp3) is 0.400. The summed E-state index contributed by atoms with van der Waals surface area (Å²) in [4.78, 5) is 14.3. The summed E-state index contributed by atoms with van der Waals surface area (Å²) in [5.41, 5.74) is 10.5. The molecule has 4 aromatic carbocycles. The minimum atomic E-state index is 0. The van der Waals surface area contributed by atoms with Crippen LogP contribution in [0.3, 0.4) is 0 Å². The van der Waals surface area contributed by atoms with Crippen LogP contribution in [0.5, 0.6) is 0 Å². The van der Waals surface area contributed by atoms with Crippen molar-refractivity contribution < 1.29 is 17.1 Å². The average molecular weight is 831 g/mol. The molecule has 1 unspecified atom stereocenters. The Hall–Kier alpha value is -1.97. The van der Waals surface area contributed by atoms with E-state index < -0.39 is 0 Å². The molecule has 0 radical (unpaired) electrons. The van der Waals surface area contributed by atoms with Crippen molar-refractivity contribution in [3.05, 3.63) is 135 Å². The van der Waals surface area contributed by atoms with Crippen molar-refractivity contribution in [2.75, 3.05) is 46.9 Å². The molecule has 1 atom stereocenters. The number of piperidine rings is 2. The van der Waals surface area contributed by atoms with Crippen molar-refractivity contribution >= 4 is 80.1 Å². The molecule has 5 nitrogen and oxygen atoms in total. The first-order valence-corrected chi connectivity index (χ1v) is 20.2. The third-order valence-corrected chi connectivity index (χ3v) is 11.3. The topological polar surface area (TPSA) is 40.4 Å². The van der Waals surface area contributed by atoms with Crippen LogP contribution >= 0.6 is 34.8 Å². The second-order valence-electron chi connectivity index (χ2n) is 14.7. The first-order chi connectivity index (χ1) is 25.7. The maximum Gasteiger partial charge on any atom is 2.00 e. The summed E-state index contributed by atoms with van der Waals surface area (Å²) in [7, 11) is 4.38. The van der Waals surface area contributed by atoms with Gasteiger partial charge in [0.2, 0.25) is 0 Å². The summed E-state index contributed by atoms with van der Waals surface area (Å²) in [6.45, 7) is 7.93. The Morgan fingerprint density at radius 2 is 1.18 bits per heavy atom. The smallest absolute Gasteiger partial charge is 1.00 e. The van der Waals surface area contributed by atoms with Gasteiger partial charge in [0, 0.05) is 41.0 Å². The minimum absolute atomic E-state index is 0. The summed E-state index contributed by atoms with van der Waals surface area (Å²) >= 11 is 18.4. The van der Waals surface area contributed by atoms with E-state index in [4.69, 9.17) is 44.5 Å². The van der Waals surface area contributed by atoms with Crippen LogP contribution in [0.25, 0.3) is 0 Å². The van der Waals surface area contributed by atoms with Gasteiger partial charge in [-0.25, -0.2) is 4.99 Å². The molecule has 3 saturated heterocycles. The SMILES string of the molecule is CC1CCCO1.CN1CCC(C2=Nc3cc(Cl)ccc3Cc3ccccc32)CC1.CN1CC[CH-]CC1.ClC1=Nc2cc(Cl)ccc2Cc2ccccc21.[Cl-].[Mg+2]. The van der Waals surface area contributed by atoms with E-state index in [2.05, 4.69) is 78.6 Å². The minimum Gasteiger partial charge on any atom is -1.00 e. The fourth-order valence-corrected chi connectivity index (χ4v) is 7.97. The normalized spacial score (nSPS) is 19.0. The van der Waals surface area contributed by atoms with E-state index in [9.17, 15) is 0 Å².